The Morgan fingerprint density at radius 3 is 1.08 bits per heavy atom. The van der Waals surface area contributed by atoms with E-state index in [9.17, 15) is 23.1 Å². The first-order chi connectivity index (χ1) is 30.3. The quantitative estimate of drug-likeness (QED) is 0.0728. The predicted molar refractivity (Wildman–Crippen MR) is 231 cm³/mol. The van der Waals surface area contributed by atoms with Gasteiger partial charge in [0, 0.05) is 37.2 Å². The lowest BCUT2D eigenvalue weighted by molar-refractivity contribution is -0.0186. The highest BCUT2D eigenvalue weighted by molar-refractivity contribution is 7.99. The maximum atomic E-state index is 13.4. The minimum Gasteiger partial charge on any atom is -0.478 e. The highest BCUT2D eigenvalue weighted by Gasteiger charge is 2.27. The Labute approximate surface area is 372 Å². The summed E-state index contributed by atoms with van der Waals surface area (Å²) < 4.78 is 101. The number of sulfone groups is 1. The molecule has 0 aliphatic carbocycles. The van der Waals surface area contributed by atoms with Gasteiger partial charge in [-0.05, 0) is 12.1 Å². The summed E-state index contributed by atoms with van der Waals surface area (Å²) in [6.45, 7) is 11.0. The highest BCUT2D eigenvalue weighted by atomic mass is 32.2. The molecule has 0 saturated carbocycles. The van der Waals surface area contributed by atoms with Crippen molar-refractivity contribution < 1.29 is 89.4 Å². The number of carbonyl (C=O) groups is 2. The molecule has 0 spiro atoms. The number of ether oxygens (including phenoxy) is 14. The van der Waals surface area contributed by atoms with Crippen molar-refractivity contribution in [2.75, 3.05) is 209 Å². The molecule has 0 saturated heterocycles. The summed E-state index contributed by atoms with van der Waals surface area (Å²) in [4.78, 5) is 24.7. The first-order valence-corrected chi connectivity index (χ1v) is 23.8. The molecule has 1 aromatic rings. The number of benzene rings is 1. The molecule has 1 atom stereocenters. The molecule has 0 aliphatic rings. The average molecular weight is 933 g/mol. The van der Waals surface area contributed by atoms with E-state index in [0.29, 0.717) is 158 Å². The van der Waals surface area contributed by atoms with Gasteiger partial charge in [-0.25, -0.2) is 13.2 Å². The van der Waals surface area contributed by atoms with Gasteiger partial charge in [-0.15, -0.1) is 0 Å². The lowest BCUT2D eigenvalue weighted by Crippen LogP contribution is -2.29. The maximum Gasteiger partial charge on any atom is 0.335 e. The number of aromatic carboxylic acids is 1. The third-order valence-corrected chi connectivity index (χ3v) is 10.8. The van der Waals surface area contributed by atoms with Crippen LogP contribution in [0.4, 0.5) is 0 Å². The molecule has 0 aliphatic heterocycles. The molecule has 21 heteroatoms. The molecular weight excluding hydrogens is 861 g/mol. The minimum atomic E-state index is -3.68. The number of hydrogen-bond acceptors (Lipinski definition) is 19. The summed E-state index contributed by atoms with van der Waals surface area (Å²) in [7, 11) is -0.429. The monoisotopic (exact) mass is 932 g/mol. The van der Waals surface area contributed by atoms with Crippen LogP contribution in [0.1, 0.15) is 20.7 Å². The van der Waals surface area contributed by atoms with Gasteiger partial charge in [0.1, 0.15) is 0 Å². The fourth-order valence-corrected chi connectivity index (χ4v) is 7.35. The Bertz CT molecular complexity index is 1280. The number of thioether (sulfide) groups is 1. The molecule has 0 amide bonds. The van der Waals surface area contributed by atoms with Crippen molar-refractivity contribution in [3.8, 4) is 0 Å². The Hall–Kier alpha value is -1.90. The van der Waals surface area contributed by atoms with E-state index in [-0.39, 0.29) is 54.0 Å². The van der Waals surface area contributed by atoms with Gasteiger partial charge >= 0.3 is 5.97 Å². The van der Waals surface area contributed by atoms with Gasteiger partial charge in [0.2, 0.25) is 0 Å². The molecule has 0 bridgehead atoms. The van der Waals surface area contributed by atoms with E-state index < -0.39 is 21.7 Å². The molecule has 19 nitrogen and oxygen atoms in total. The van der Waals surface area contributed by atoms with E-state index in [1.807, 2.05) is 0 Å². The van der Waals surface area contributed by atoms with Gasteiger partial charge in [-0.2, -0.15) is 11.8 Å². The summed E-state index contributed by atoms with van der Waals surface area (Å²) in [6, 6.07) is 5.47. The molecule has 0 radical (unpaired) electrons. The van der Waals surface area contributed by atoms with E-state index in [0.717, 1.165) is 0 Å². The Morgan fingerprint density at radius 2 is 0.758 bits per heavy atom. The second kappa shape index (κ2) is 43.0. The second-order valence-electron chi connectivity index (χ2n) is 13.0. The molecule has 0 aromatic heterocycles. The van der Waals surface area contributed by atoms with Crippen LogP contribution in [-0.4, -0.2) is 234 Å². The van der Waals surface area contributed by atoms with E-state index in [1.165, 1.54) is 36.0 Å². The zero-order chi connectivity index (χ0) is 45.0. The summed E-state index contributed by atoms with van der Waals surface area (Å²) in [5.74, 6) is -2.22. The third kappa shape index (κ3) is 36.4. The second-order valence-corrected chi connectivity index (χ2v) is 16.3. The number of rotatable bonds is 49. The fraction of sp³-hybridized carbons (Fsp3) is 0.805. The van der Waals surface area contributed by atoms with Crippen LogP contribution in [-0.2, 0) is 76.2 Å². The fourth-order valence-electron chi connectivity index (χ4n) is 4.82. The summed E-state index contributed by atoms with van der Waals surface area (Å²) in [5.41, 5.74) is 0.272. The van der Waals surface area contributed by atoms with Gasteiger partial charge in [-0.3, -0.25) is 4.79 Å². The Morgan fingerprint density at radius 1 is 0.468 bits per heavy atom. The number of Topliss-reactive ketones (excluding diaryl/α,β-unsaturated/α-hetero) is 1. The first kappa shape index (κ1) is 58.1. The molecule has 0 heterocycles. The van der Waals surface area contributed by atoms with Crippen LogP contribution in [0.15, 0.2) is 24.3 Å². The van der Waals surface area contributed by atoms with Gasteiger partial charge in [0.25, 0.3) is 0 Å². The topological polar surface area (TPSA) is 218 Å². The van der Waals surface area contributed by atoms with Crippen molar-refractivity contribution in [3.05, 3.63) is 35.4 Å². The van der Waals surface area contributed by atoms with Crippen LogP contribution in [0.3, 0.4) is 0 Å². The van der Waals surface area contributed by atoms with Crippen molar-refractivity contribution >= 4 is 33.4 Å². The number of hydrogen-bond donors (Lipinski definition) is 1. The first-order valence-electron chi connectivity index (χ1n) is 20.9. The summed E-state index contributed by atoms with van der Waals surface area (Å²) >= 11 is 1.40. The Balaban J connectivity index is 2.19. The lowest BCUT2D eigenvalue weighted by Gasteiger charge is -2.16. The summed E-state index contributed by atoms with van der Waals surface area (Å²) in [5, 5.41) is 9.23. The van der Waals surface area contributed by atoms with E-state index in [2.05, 4.69) is 0 Å². The minimum absolute atomic E-state index is 0.0288. The predicted octanol–water partition coefficient (Wildman–Crippen LogP) is 1.82. The molecular formula is C41H72O19S2. The average Bonchev–Trinajstić information content (AvgIpc) is 3.26. The van der Waals surface area contributed by atoms with Crippen molar-refractivity contribution in [1.29, 1.82) is 0 Å². The van der Waals surface area contributed by atoms with Crippen LogP contribution in [0.25, 0.3) is 0 Å². The number of carboxylic acids is 1. The highest BCUT2D eigenvalue weighted by Crippen LogP contribution is 2.19. The molecule has 1 rings (SSSR count). The van der Waals surface area contributed by atoms with Crippen molar-refractivity contribution in [2.45, 2.75) is 0 Å². The zero-order valence-electron chi connectivity index (χ0n) is 36.7. The number of ketones is 1. The number of methoxy groups -OCH3 is 2. The zero-order valence-corrected chi connectivity index (χ0v) is 38.3. The van der Waals surface area contributed by atoms with Crippen molar-refractivity contribution in [3.63, 3.8) is 0 Å². The van der Waals surface area contributed by atoms with Gasteiger partial charge in [0.05, 0.1) is 189 Å². The van der Waals surface area contributed by atoms with Gasteiger partial charge in [-0.1, -0.05) is 12.1 Å². The van der Waals surface area contributed by atoms with Crippen LogP contribution < -0.4 is 0 Å². The van der Waals surface area contributed by atoms with E-state index in [4.69, 9.17) is 66.3 Å². The molecule has 1 unspecified atom stereocenters. The molecule has 0 fully saturated rings. The van der Waals surface area contributed by atoms with Crippen molar-refractivity contribution in [2.24, 2.45) is 5.92 Å². The maximum absolute atomic E-state index is 13.4. The van der Waals surface area contributed by atoms with Crippen LogP contribution in [0, 0.1) is 5.92 Å². The standard InChI is InChI=1S/C41H72O19S2/c1-47-7-9-49-11-13-51-15-17-53-19-21-55-23-25-57-27-29-59-31-33-61-35-39(40(42)37-3-5-38(6-4-37)41(43)44)36-62(45,46)34-32-60-30-28-58-26-24-56-22-20-54-18-16-52-14-12-50-10-8-48-2/h3-6,39H,7-36H2,1-2H3,(H,43,44). The molecule has 62 heavy (non-hydrogen) atoms. The van der Waals surface area contributed by atoms with Crippen LogP contribution in [0.2, 0.25) is 0 Å². The largest absolute Gasteiger partial charge is 0.478 e. The van der Waals surface area contributed by atoms with Gasteiger partial charge < -0.3 is 71.4 Å². The molecule has 362 valence electrons. The number of carbonyl (C=O) groups excluding carboxylic acids is 1. The van der Waals surface area contributed by atoms with E-state index >= 15 is 0 Å². The normalized spacial score (nSPS) is 12.3. The lowest BCUT2D eigenvalue weighted by atomic mass is 10.00. The molecule has 1 N–H and O–H groups in total. The van der Waals surface area contributed by atoms with Crippen LogP contribution >= 0.6 is 11.8 Å². The van der Waals surface area contributed by atoms with E-state index in [1.54, 1.807) is 14.2 Å². The molecule has 1 aromatic carbocycles. The Kier molecular flexibility index (Phi) is 40.3. The smallest absolute Gasteiger partial charge is 0.335 e. The summed E-state index contributed by atoms with van der Waals surface area (Å²) in [6.07, 6.45) is 0. The SMILES string of the molecule is COCCOCCOCCOCCOCCOCCOCCSCC(CS(=O)(=O)CCOCCOCCOCCOCCOCCOCCOC)C(=O)c1ccc(C(=O)O)cc1. The van der Waals surface area contributed by atoms with Crippen molar-refractivity contribution in [1.82, 2.24) is 0 Å². The third-order valence-electron chi connectivity index (χ3n) is 8.06. The van der Waals surface area contributed by atoms with Gasteiger partial charge in [0.15, 0.2) is 15.6 Å². The number of carboxylic acid groups (broad SMARTS) is 1. The van der Waals surface area contributed by atoms with Crippen LogP contribution in [0.5, 0.6) is 0 Å².